The van der Waals surface area contributed by atoms with Crippen molar-refractivity contribution in [3.63, 3.8) is 0 Å². The van der Waals surface area contributed by atoms with Crippen LogP contribution in [-0.4, -0.2) is 16.1 Å². The van der Waals surface area contributed by atoms with E-state index in [0.717, 1.165) is 9.90 Å². The van der Waals surface area contributed by atoms with Gasteiger partial charge in [-0.05, 0) is 32.0 Å². The number of carboxylic acid groups (broad SMARTS) is 1. The predicted octanol–water partition coefficient (Wildman–Crippen LogP) is 4.45. The molecule has 6 heteroatoms. The summed E-state index contributed by atoms with van der Waals surface area (Å²) in [6.45, 7) is 3.33. The van der Waals surface area contributed by atoms with Crippen molar-refractivity contribution in [1.29, 1.82) is 0 Å². The number of thiazole rings is 1. The fourth-order valence-corrected chi connectivity index (χ4v) is 3.67. The quantitative estimate of drug-likeness (QED) is 0.824. The Morgan fingerprint density at radius 3 is 2.90 bits per heavy atom. The van der Waals surface area contributed by atoms with Crippen LogP contribution in [0.4, 0.5) is 0 Å². The van der Waals surface area contributed by atoms with Gasteiger partial charge in [-0.3, -0.25) is 4.79 Å². The number of thioether (sulfide) groups is 1. The Morgan fingerprint density at radius 1 is 1.50 bits per heavy atom. The summed E-state index contributed by atoms with van der Waals surface area (Å²) >= 11 is 9.06. The third kappa shape index (κ3) is 3.53. The molecule has 0 fully saturated rings. The number of rotatable bonds is 5. The molecule has 0 saturated carbocycles. The molecule has 0 aliphatic carbocycles. The van der Waals surface area contributed by atoms with Crippen molar-refractivity contribution in [3.05, 3.63) is 45.4 Å². The highest BCUT2D eigenvalue weighted by Crippen LogP contribution is 2.29. The molecule has 0 bridgehead atoms. The lowest BCUT2D eigenvalue weighted by Crippen LogP contribution is -2.28. The summed E-state index contributed by atoms with van der Waals surface area (Å²) in [5, 5.41) is 12.6. The number of hydrogen-bond acceptors (Lipinski definition) is 4. The van der Waals surface area contributed by atoms with Gasteiger partial charge in [0.2, 0.25) is 0 Å². The Labute approximate surface area is 131 Å². The fraction of sp³-hybridized carbons (Fsp3) is 0.286. The predicted molar refractivity (Wildman–Crippen MR) is 83.8 cm³/mol. The maximum atomic E-state index is 11.2. The van der Waals surface area contributed by atoms with Gasteiger partial charge in [-0.15, -0.1) is 23.1 Å². The van der Waals surface area contributed by atoms with Gasteiger partial charge in [0.15, 0.2) is 0 Å². The standard InChI is InChI=1S/C14H14ClNO2S2/c1-14(2,13(17)18)11-7-20-12(16-11)8-19-10-5-3-4-9(15)6-10/h3-7H,8H2,1-2H3,(H,17,18). The van der Waals surface area contributed by atoms with Crippen molar-refractivity contribution < 1.29 is 9.90 Å². The Bertz CT molecular complexity index is 625. The summed E-state index contributed by atoms with van der Waals surface area (Å²) in [6, 6.07) is 7.64. The zero-order valence-electron chi connectivity index (χ0n) is 11.1. The molecule has 0 atom stereocenters. The highest BCUT2D eigenvalue weighted by atomic mass is 35.5. The second-order valence-electron chi connectivity index (χ2n) is 4.80. The monoisotopic (exact) mass is 327 g/mol. The first-order chi connectivity index (χ1) is 9.39. The van der Waals surface area contributed by atoms with Gasteiger partial charge in [-0.2, -0.15) is 0 Å². The van der Waals surface area contributed by atoms with E-state index in [2.05, 4.69) is 4.98 Å². The highest BCUT2D eigenvalue weighted by molar-refractivity contribution is 7.98. The average Bonchev–Trinajstić information content (AvgIpc) is 2.85. The number of nitrogens with zero attached hydrogens (tertiary/aromatic N) is 1. The number of halogens is 1. The van der Waals surface area contributed by atoms with E-state index >= 15 is 0 Å². The van der Waals surface area contributed by atoms with Gasteiger partial charge in [0, 0.05) is 15.3 Å². The van der Waals surface area contributed by atoms with E-state index in [1.165, 1.54) is 11.3 Å². The molecule has 0 unspecified atom stereocenters. The smallest absolute Gasteiger partial charge is 0.315 e. The molecule has 106 valence electrons. The first-order valence-corrected chi connectivity index (χ1v) is 8.20. The third-order valence-corrected chi connectivity index (χ3v) is 5.16. The van der Waals surface area contributed by atoms with E-state index in [-0.39, 0.29) is 0 Å². The molecule has 3 nitrogen and oxygen atoms in total. The molecule has 0 amide bonds. The van der Waals surface area contributed by atoms with Crippen LogP contribution in [0.3, 0.4) is 0 Å². The molecular weight excluding hydrogens is 314 g/mol. The van der Waals surface area contributed by atoms with E-state index in [1.54, 1.807) is 25.6 Å². The van der Waals surface area contributed by atoms with Crippen LogP contribution < -0.4 is 0 Å². The highest BCUT2D eigenvalue weighted by Gasteiger charge is 2.31. The first kappa shape index (κ1) is 15.4. The second-order valence-corrected chi connectivity index (χ2v) is 7.23. The van der Waals surface area contributed by atoms with Crippen molar-refractivity contribution in [2.24, 2.45) is 0 Å². The molecule has 1 aromatic carbocycles. The van der Waals surface area contributed by atoms with Crippen molar-refractivity contribution in [2.75, 3.05) is 0 Å². The lowest BCUT2D eigenvalue weighted by molar-refractivity contribution is -0.142. The third-order valence-electron chi connectivity index (χ3n) is 2.89. The number of carboxylic acids is 1. The Hall–Kier alpha value is -1.04. The number of aliphatic carboxylic acids is 1. The number of carbonyl (C=O) groups is 1. The average molecular weight is 328 g/mol. The lowest BCUT2D eigenvalue weighted by atomic mass is 9.90. The van der Waals surface area contributed by atoms with E-state index in [9.17, 15) is 9.90 Å². The molecule has 1 N–H and O–H groups in total. The van der Waals surface area contributed by atoms with Crippen LogP contribution in [0.25, 0.3) is 0 Å². The maximum Gasteiger partial charge on any atom is 0.315 e. The summed E-state index contributed by atoms with van der Waals surface area (Å²) in [5.74, 6) is -0.155. The van der Waals surface area contributed by atoms with Crippen molar-refractivity contribution in [1.82, 2.24) is 4.98 Å². The van der Waals surface area contributed by atoms with Gasteiger partial charge in [-0.25, -0.2) is 4.98 Å². The van der Waals surface area contributed by atoms with E-state index in [4.69, 9.17) is 11.6 Å². The normalized spacial score (nSPS) is 11.6. The first-order valence-electron chi connectivity index (χ1n) is 5.96. The molecule has 1 aromatic heterocycles. The lowest BCUT2D eigenvalue weighted by Gasteiger charge is -2.15. The maximum absolute atomic E-state index is 11.2. The summed E-state index contributed by atoms with van der Waals surface area (Å²) in [5.41, 5.74) is -0.341. The molecule has 2 aromatic rings. The number of benzene rings is 1. The van der Waals surface area contributed by atoms with Gasteiger partial charge in [0.25, 0.3) is 0 Å². The molecule has 0 radical (unpaired) electrons. The Balaban J connectivity index is 2.05. The second kappa shape index (κ2) is 6.16. The van der Waals surface area contributed by atoms with Crippen LogP contribution in [0.5, 0.6) is 0 Å². The van der Waals surface area contributed by atoms with Crippen LogP contribution in [-0.2, 0) is 16.0 Å². The molecule has 0 aliphatic rings. The number of aromatic nitrogens is 1. The van der Waals surface area contributed by atoms with Crippen molar-refractivity contribution in [3.8, 4) is 0 Å². The molecule has 0 saturated heterocycles. The summed E-state index contributed by atoms with van der Waals surface area (Å²) in [4.78, 5) is 16.7. The summed E-state index contributed by atoms with van der Waals surface area (Å²) < 4.78 is 0. The van der Waals surface area contributed by atoms with E-state index < -0.39 is 11.4 Å². The Kier molecular flexibility index (Phi) is 4.73. The fourth-order valence-electron chi connectivity index (χ4n) is 1.48. The minimum Gasteiger partial charge on any atom is -0.481 e. The Morgan fingerprint density at radius 2 is 2.25 bits per heavy atom. The minimum atomic E-state index is -0.949. The molecule has 2 rings (SSSR count). The molecule has 20 heavy (non-hydrogen) atoms. The molecular formula is C14H14ClNO2S2. The minimum absolute atomic E-state index is 0.608. The van der Waals surface area contributed by atoms with Gasteiger partial charge < -0.3 is 5.11 Å². The summed E-state index contributed by atoms with van der Waals surface area (Å²) in [6.07, 6.45) is 0. The van der Waals surface area contributed by atoms with E-state index in [0.29, 0.717) is 16.5 Å². The molecule has 1 heterocycles. The van der Waals surface area contributed by atoms with Crippen LogP contribution in [0.2, 0.25) is 5.02 Å². The topological polar surface area (TPSA) is 50.2 Å². The van der Waals surface area contributed by atoms with E-state index in [1.807, 2.05) is 29.6 Å². The van der Waals surface area contributed by atoms with Gasteiger partial charge in [0.05, 0.1) is 11.4 Å². The van der Waals surface area contributed by atoms with Gasteiger partial charge in [0.1, 0.15) is 10.4 Å². The zero-order chi connectivity index (χ0) is 14.8. The zero-order valence-corrected chi connectivity index (χ0v) is 13.5. The summed E-state index contributed by atoms with van der Waals surface area (Å²) in [7, 11) is 0. The number of hydrogen-bond donors (Lipinski definition) is 1. The van der Waals surface area contributed by atoms with Gasteiger partial charge in [-0.1, -0.05) is 17.7 Å². The SMILES string of the molecule is CC(C)(C(=O)O)c1csc(CSc2cccc(Cl)c2)n1. The molecule has 0 spiro atoms. The van der Waals surface area contributed by atoms with Crippen molar-refractivity contribution >= 4 is 40.7 Å². The largest absolute Gasteiger partial charge is 0.481 e. The van der Waals surface area contributed by atoms with Gasteiger partial charge >= 0.3 is 5.97 Å². The molecule has 0 aliphatic heterocycles. The van der Waals surface area contributed by atoms with Crippen LogP contribution in [0.1, 0.15) is 24.5 Å². The van der Waals surface area contributed by atoms with Crippen LogP contribution >= 0.6 is 34.7 Å². The van der Waals surface area contributed by atoms with Crippen LogP contribution in [0, 0.1) is 0 Å². The van der Waals surface area contributed by atoms with Crippen LogP contribution in [0.15, 0.2) is 34.5 Å². The van der Waals surface area contributed by atoms with Crippen molar-refractivity contribution in [2.45, 2.75) is 29.9 Å².